The molecule has 1 N–H and O–H groups in total. The first-order chi connectivity index (χ1) is 5.15. The first-order valence-electron chi connectivity index (χ1n) is 3.77. The number of urea groups is 1. The van der Waals surface area contributed by atoms with Gasteiger partial charge < -0.3 is 10.2 Å². The third-order valence-electron chi connectivity index (χ3n) is 2.09. The van der Waals surface area contributed by atoms with Crippen molar-refractivity contribution >= 4 is 6.03 Å². The Kier molecular flexibility index (Phi) is 2.17. The van der Waals surface area contributed by atoms with Crippen molar-refractivity contribution in [3.63, 3.8) is 0 Å². The molecule has 0 aliphatic carbocycles. The molecule has 0 aromatic carbocycles. The fraction of sp³-hybridized carbons (Fsp3) is 0.625. The third kappa shape index (κ3) is 1.53. The van der Waals surface area contributed by atoms with E-state index in [1.807, 2.05) is 0 Å². The van der Waals surface area contributed by atoms with Gasteiger partial charge in [0.15, 0.2) is 0 Å². The first-order valence-corrected chi connectivity index (χ1v) is 3.77. The number of carbonyl (C=O) groups is 1. The van der Waals surface area contributed by atoms with Crippen LogP contribution in [-0.2, 0) is 0 Å². The fourth-order valence-corrected chi connectivity index (χ4v) is 1.20. The lowest BCUT2D eigenvalue weighted by molar-refractivity contribution is 0.212. The van der Waals surface area contributed by atoms with E-state index < -0.39 is 0 Å². The minimum absolute atomic E-state index is 0.0150. The molecule has 1 heterocycles. The van der Waals surface area contributed by atoms with Gasteiger partial charge in [-0.25, -0.2) is 4.79 Å². The summed E-state index contributed by atoms with van der Waals surface area (Å²) >= 11 is 0. The van der Waals surface area contributed by atoms with E-state index in [2.05, 4.69) is 19.2 Å². The lowest BCUT2D eigenvalue weighted by atomic mass is 10.2. The summed E-state index contributed by atoms with van der Waals surface area (Å²) in [6.07, 6.45) is 0. The molecule has 0 saturated carbocycles. The highest BCUT2D eigenvalue weighted by molar-refractivity contribution is 5.75. The zero-order valence-corrected chi connectivity index (χ0v) is 7.27. The maximum atomic E-state index is 11.1. The highest BCUT2D eigenvalue weighted by Crippen LogP contribution is 2.15. The van der Waals surface area contributed by atoms with Crippen molar-refractivity contribution in [2.45, 2.75) is 13.8 Å². The van der Waals surface area contributed by atoms with E-state index in [-0.39, 0.29) is 6.03 Å². The Hall–Kier alpha value is -0.990. The molecule has 62 valence electrons. The number of nitrogens with one attached hydrogen (secondary N) is 1. The van der Waals surface area contributed by atoms with Crippen molar-refractivity contribution in [1.29, 1.82) is 0 Å². The lowest BCUT2D eigenvalue weighted by Gasteiger charge is -2.14. The maximum Gasteiger partial charge on any atom is 0.317 e. The van der Waals surface area contributed by atoms with Gasteiger partial charge in [-0.3, -0.25) is 0 Å². The van der Waals surface area contributed by atoms with Gasteiger partial charge in [-0.1, -0.05) is 11.1 Å². The zero-order valence-electron chi connectivity index (χ0n) is 7.27. The molecule has 2 amide bonds. The van der Waals surface area contributed by atoms with Crippen molar-refractivity contribution in [3.05, 3.63) is 11.1 Å². The van der Waals surface area contributed by atoms with E-state index in [1.54, 1.807) is 11.9 Å². The van der Waals surface area contributed by atoms with Crippen LogP contribution in [0, 0.1) is 0 Å². The summed E-state index contributed by atoms with van der Waals surface area (Å²) in [5.41, 5.74) is 2.63. The molecule has 1 aliphatic rings. The summed E-state index contributed by atoms with van der Waals surface area (Å²) in [6.45, 7) is 5.70. The molecule has 1 rings (SSSR count). The summed E-state index contributed by atoms with van der Waals surface area (Å²) < 4.78 is 0. The average Bonchev–Trinajstić information content (AvgIpc) is 2.31. The minimum Gasteiger partial charge on any atom is -0.341 e. The second-order valence-electron chi connectivity index (χ2n) is 2.97. The van der Waals surface area contributed by atoms with Gasteiger partial charge in [0.05, 0.1) is 0 Å². The molecule has 0 radical (unpaired) electrons. The number of nitrogens with zero attached hydrogens (tertiary/aromatic N) is 1. The van der Waals surface area contributed by atoms with E-state index in [1.165, 1.54) is 11.1 Å². The highest BCUT2D eigenvalue weighted by atomic mass is 16.2. The first kappa shape index (κ1) is 8.11. The number of amides is 2. The second-order valence-corrected chi connectivity index (χ2v) is 2.97. The average molecular weight is 154 g/mol. The predicted octanol–water partition coefficient (Wildman–Crippen LogP) is 0.978. The zero-order chi connectivity index (χ0) is 8.43. The predicted molar refractivity (Wildman–Crippen MR) is 44.4 cm³/mol. The van der Waals surface area contributed by atoms with Crippen LogP contribution >= 0.6 is 0 Å². The molecular formula is C8H14N2O. The van der Waals surface area contributed by atoms with Gasteiger partial charge in [-0.15, -0.1) is 0 Å². The van der Waals surface area contributed by atoms with Gasteiger partial charge in [-0.05, 0) is 13.8 Å². The Bertz CT molecular complexity index is 194. The molecule has 1 aliphatic heterocycles. The molecule has 3 heteroatoms. The molecule has 3 nitrogen and oxygen atoms in total. The molecule has 0 atom stereocenters. The van der Waals surface area contributed by atoms with Crippen molar-refractivity contribution in [1.82, 2.24) is 10.2 Å². The van der Waals surface area contributed by atoms with E-state index in [4.69, 9.17) is 0 Å². The number of rotatable bonds is 0. The van der Waals surface area contributed by atoms with Crippen LogP contribution in [-0.4, -0.2) is 31.1 Å². The molecule has 0 fully saturated rings. The Morgan fingerprint density at radius 3 is 2.18 bits per heavy atom. The molecule has 0 aromatic heterocycles. The van der Waals surface area contributed by atoms with Crippen LogP contribution in [0.4, 0.5) is 4.79 Å². The van der Waals surface area contributed by atoms with Crippen molar-refractivity contribution in [2.75, 3.05) is 20.1 Å². The van der Waals surface area contributed by atoms with Gasteiger partial charge in [0.1, 0.15) is 0 Å². The fourth-order valence-electron chi connectivity index (χ4n) is 1.20. The van der Waals surface area contributed by atoms with Crippen LogP contribution < -0.4 is 5.32 Å². The smallest absolute Gasteiger partial charge is 0.317 e. The third-order valence-corrected chi connectivity index (χ3v) is 2.09. The maximum absolute atomic E-state index is 11.1. The molecule has 0 bridgehead atoms. The molecular weight excluding hydrogens is 140 g/mol. The largest absolute Gasteiger partial charge is 0.341 e. The quantitative estimate of drug-likeness (QED) is 0.518. The van der Waals surface area contributed by atoms with Gasteiger partial charge in [-0.2, -0.15) is 0 Å². The Morgan fingerprint density at radius 2 is 1.82 bits per heavy atom. The molecule has 11 heavy (non-hydrogen) atoms. The second kappa shape index (κ2) is 2.95. The summed E-state index contributed by atoms with van der Waals surface area (Å²) in [5.74, 6) is 0. The van der Waals surface area contributed by atoms with Crippen LogP contribution in [0.3, 0.4) is 0 Å². The monoisotopic (exact) mass is 154 g/mol. The minimum atomic E-state index is 0.0150. The normalized spacial score (nSPS) is 17.5. The van der Waals surface area contributed by atoms with Crippen LogP contribution in [0.25, 0.3) is 0 Å². The summed E-state index contributed by atoms with van der Waals surface area (Å²) in [7, 11) is 1.66. The van der Waals surface area contributed by atoms with Crippen molar-refractivity contribution in [2.24, 2.45) is 0 Å². The van der Waals surface area contributed by atoms with Gasteiger partial charge in [0.25, 0.3) is 0 Å². The molecule has 0 spiro atoms. The van der Waals surface area contributed by atoms with Gasteiger partial charge >= 0.3 is 6.03 Å². The van der Waals surface area contributed by atoms with Crippen LogP contribution in [0.2, 0.25) is 0 Å². The molecule has 0 saturated heterocycles. The van der Waals surface area contributed by atoms with E-state index in [9.17, 15) is 4.79 Å². The number of hydrogen-bond donors (Lipinski definition) is 1. The Morgan fingerprint density at radius 1 is 1.36 bits per heavy atom. The van der Waals surface area contributed by atoms with E-state index in [0.717, 1.165) is 13.1 Å². The van der Waals surface area contributed by atoms with Gasteiger partial charge in [0, 0.05) is 20.1 Å². The standard InChI is InChI=1S/C8H14N2O/c1-6-4-10(5-7(6)2)8(11)9-3/h4-5H2,1-3H3,(H,9,11). The topological polar surface area (TPSA) is 32.3 Å². The molecule has 0 aromatic rings. The molecule has 0 unspecified atom stereocenters. The van der Waals surface area contributed by atoms with Crippen LogP contribution in [0.5, 0.6) is 0 Å². The highest BCUT2D eigenvalue weighted by Gasteiger charge is 2.19. The Labute approximate surface area is 67.1 Å². The number of hydrogen-bond acceptors (Lipinski definition) is 1. The Balaban J connectivity index is 2.54. The summed E-state index contributed by atoms with van der Waals surface area (Å²) in [5, 5.41) is 2.61. The van der Waals surface area contributed by atoms with E-state index >= 15 is 0 Å². The van der Waals surface area contributed by atoms with Crippen LogP contribution in [0.15, 0.2) is 11.1 Å². The summed E-state index contributed by atoms with van der Waals surface area (Å²) in [4.78, 5) is 12.9. The van der Waals surface area contributed by atoms with Gasteiger partial charge in [0.2, 0.25) is 0 Å². The number of carbonyl (C=O) groups excluding carboxylic acids is 1. The lowest BCUT2D eigenvalue weighted by Crippen LogP contribution is -2.36. The SMILES string of the molecule is CNC(=O)N1CC(C)=C(C)C1. The van der Waals surface area contributed by atoms with Crippen molar-refractivity contribution < 1.29 is 4.79 Å². The van der Waals surface area contributed by atoms with Crippen molar-refractivity contribution in [3.8, 4) is 0 Å². The van der Waals surface area contributed by atoms with Crippen LogP contribution in [0.1, 0.15) is 13.8 Å². The van der Waals surface area contributed by atoms with E-state index in [0.29, 0.717) is 0 Å². The summed E-state index contributed by atoms with van der Waals surface area (Å²) in [6, 6.07) is 0.0150.